The Hall–Kier alpha value is -4.59. The van der Waals surface area contributed by atoms with Crippen LogP contribution in [0.2, 0.25) is 0 Å². The largest absolute Gasteiger partial charge is 0.492 e. The lowest BCUT2D eigenvalue weighted by molar-refractivity contribution is 0.0687. The highest BCUT2D eigenvalue weighted by molar-refractivity contribution is 6.11. The van der Waals surface area contributed by atoms with E-state index in [4.69, 9.17) is 4.74 Å². The van der Waals surface area contributed by atoms with Gasteiger partial charge in [0.2, 0.25) is 5.56 Å². The lowest BCUT2D eigenvalue weighted by atomic mass is 10.0. The zero-order valence-electron chi connectivity index (χ0n) is 17.9. The highest BCUT2D eigenvalue weighted by Crippen LogP contribution is 2.43. The van der Waals surface area contributed by atoms with Crippen molar-refractivity contribution >= 4 is 27.8 Å². The molecule has 8 nitrogen and oxygen atoms in total. The number of hydrogen-bond donors (Lipinski definition) is 3. The van der Waals surface area contributed by atoms with Crippen molar-refractivity contribution < 1.29 is 14.6 Å². The molecule has 5 aromatic rings. The Morgan fingerprint density at radius 3 is 2.76 bits per heavy atom. The predicted molar refractivity (Wildman–Crippen MR) is 128 cm³/mol. The number of aromatic carboxylic acids is 1. The van der Waals surface area contributed by atoms with Crippen molar-refractivity contribution in [3.63, 3.8) is 0 Å². The third kappa shape index (κ3) is 2.96. The molecule has 1 aliphatic rings. The molecule has 0 saturated heterocycles. The molecule has 0 aliphatic carbocycles. The number of carboxylic acid groups (broad SMARTS) is 1. The third-order valence-electron chi connectivity index (χ3n) is 6.34. The van der Waals surface area contributed by atoms with Gasteiger partial charge in [-0.3, -0.25) is 9.59 Å². The van der Waals surface area contributed by atoms with Gasteiger partial charge in [-0.2, -0.15) is 0 Å². The predicted octanol–water partition coefficient (Wildman–Crippen LogP) is 3.52. The monoisotopic (exact) mass is 453 g/mol. The number of pyridine rings is 2. The molecule has 8 heteroatoms. The van der Waals surface area contributed by atoms with E-state index in [-0.39, 0.29) is 28.9 Å². The van der Waals surface area contributed by atoms with Crippen LogP contribution in [-0.4, -0.2) is 32.2 Å². The molecule has 3 aromatic heterocycles. The summed E-state index contributed by atoms with van der Waals surface area (Å²) in [5.74, 6) is -0.567. The van der Waals surface area contributed by atoms with Crippen LogP contribution >= 0.6 is 0 Å². The number of nitrogens with zero attached hydrogens (tertiary/aromatic N) is 1. The number of hydrogen-bond acceptors (Lipinski definition) is 4. The molecule has 0 atom stereocenters. The molecule has 0 amide bonds. The van der Waals surface area contributed by atoms with E-state index >= 15 is 0 Å². The van der Waals surface area contributed by atoms with Crippen molar-refractivity contribution in [1.29, 1.82) is 0 Å². The molecule has 6 rings (SSSR count). The zero-order valence-corrected chi connectivity index (χ0v) is 17.9. The van der Waals surface area contributed by atoms with E-state index in [1.54, 1.807) is 16.7 Å². The van der Waals surface area contributed by atoms with Crippen molar-refractivity contribution in [2.24, 2.45) is 0 Å². The molecular weight excluding hydrogens is 434 g/mol. The summed E-state index contributed by atoms with van der Waals surface area (Å²) in [6.45, 7) is 0.622. The number of benzene rings is 2. The van der Waals surface area contributed by atoms with Crippen LogP contribution in [0.3, 0.4) is 0 Å². The minimum absolute atomic E-state index is 0.0278. The summed E-state index contributed by atoms with van der Waals surface area (Å²) in [6, 6.07) is 16.0. The van der Waals surface area contributed by atoms with Gasteiger partial charge in [-0.1, -0.05) is 24.3 Å². The van der Waals surface area contributed by atoms with E-state index in [0.717, 1.165) is 10.9 Å². The number of aromatic amines is 2. The SMILES string of the molecule is O=C(O)c1c(-c2ccc[nH]c2=O)c2c3c(ccc2n1Cc1cc(=O)[nH]c2ccccc12)CCO3. The highest BCUT2D eigenvalue weighted by Gasteiger charge is 2.30. The van der Waals surface area contributed by atoms with E-state index in [9.17, 15) is 19.5 Å². The van der Waals surface area contributed by atoms with Gasteiger partial charge in [0, 0.05) is 41.7 Å². The first-order chi connectivity index (χ1) is 16.5. The zero-order chi connectivity index (χ0) is 23.4. The van der Waals surface area contributed by atoms with Crippen LogP contribution in [0.5, 0.6) is 5.75 Å². The van der Waals surface area contributed by atoms with Gasteiger partial charge in [0.05, 0.1) is 23.1 Å². The van der Waals surface area contributed by atoms with E-state index in [1.807, 2.05) is 36.4 Å². The Labute approximate surface area is 192 Å². The van der Waals surface area contributed by atoms with E-state index < -0.39 is 5.97 Å². The number of carboxylic acids is 1. The number of ether oxygens (including phenoxy) is 1. The number of aromatic nitrogens is 3. The van der Waals surface area contributed by atoms with Crippen molar-refractivity contribution in [2.75, 3.05) is 6.61 Å². The van der Waals surface area contributed by atoms with Gasteiger partial charge >= 0.3 is 5.97 Å². The quantitative estimate of drug-likeness (QED) is 0.385. The van der Waals surface area contributed by atoms with Gasteiger partial charge < -0.3 is 24.4 Å². The summed E-state index contributed by atoms with van der Waals surface area (Å²) >= 11 is 0. The van der Waals surface area contributed by atoms with Crippen LogP contribution in [0.4, 0.5) is 0 Å². The molecule has 0 spiro atoms. The van der Waals surface area contributed by atoms with Gasteiger partial charge in [0.25, 0.3) is 5.56 Å². The molecule has 0 fully saturated rings. The van der Waals surface area contributed by atoms with Gasteiger partial charge in [-0.05, 0) is 35.4 Å². The summed E-state index contributed by atoms with van der Waals surface area (Å²) in [5, 5.41) is 11.8. The van der Waals surface area contributed by atoms with Crippen molar-refractivity contribution in [1.82, 2.24) is 14.5 Å². The molecule has 0 saturated carbocycles. The summed E-state index contributed by atoms with van der Waals surface area (Å²) in [4.78, 5) is 43.3. The normalized spacial score (nSPS) is 12.7. The van der Waals surface area contributed by atoms with Gasteiger partial charge in [-0.15, -0.1) is 0 Å². The first-order valence-electron chi connectivity index (χ1n) is 10.9. The maximum absolute atomic E-state index is 12.8. The fraction of sp³-hybridized carbons (Fsp3) is 0.115. The summed E-state index contributed by atoms with van der Waals surface area (Å²) in [7, 11) is 0. The second-order valence-electron chi connectivity index (χ2n) is 8.28. The fourth-order valence-electron chi connectivity index (χ4n) is 4.93. The van der Waals surface area contributed by atoms with E-state index in [2.05, 4.69) is 9.97 Å². The second-order valence-corrected chi connectivity index (χ2v) is 8.28. The van der Waals surface area contributed by atoms with E-state index in [1.165, 1.54) is 12.3 Å². The Balaban J connectivity index is 1.72. The maximum Gasteiger partial charge on any atom is 0.353 e. The van der Waals surface area contributed by atoms with Crippen LogP contribution in [0.25, 0.3) is 32.9 Å². The molecule has 4 heterocycles. The number of para-hydroxylation sites is 1. The molecule has 1 aliphatic heterocycles. The molecule has 0 unspecified atom stereocenters. The molecule has 0 radical (unpaired) electrons. The van der Waals surface area contributed by atoms with Crippen LogP contribution in [-0.2, 0) is 13.0 Å². The van der Waals surface area contributed by atoms with Crippen LogP contribution < -0.4 is 15.9 Å². The second kappa shape index (κ2) is 7.48. The van der Waals surface area contributed by atoms with Crippen LogP contribution in [0, 0.1) is 0 Å². The number of carbonyl (C=O) groups is 1. The molecule has 2 aromatic carbocycles. The Morgan fingerprint density at radius 1 is 1.09 bits per heavy atom. The van der Waals surface area contributed by atoms with Crippen LogP contribution in [0.15, 0.2) is 70.4 Å². The number of H-pyrrole nitrogens is 2. The summed E-state index contributed by atoms with van der Waals surface area (Å²) < 4.78 is 7.58. The topological polar surface area (TPSA) is 117 Å². The molecule has 3 N–H and O–H groups in total. The van der Waals surface area contributed by atoms with Gasteiger partial charge in [0.15, 0.2) is 0 Å². The van der Waals surface area contributed by atoms with Crippen molar-refractivity contribution in [3.8, 4) is 16.9 Å². The molecule has 0 bridgehead atoms. The minimum atomic E-state index is -1.17. The van der Waals surface area contributed by atoms with Gasteiger partial charge in [0.1, 0.15) is 11.4 Å². The molecule has 34 heavy (non-hydrogen) atoms. The Morgan fingerprint density at radius 2 is 1.94 bits per heavy atom. The molecule has 168 valence electrons. The van der Waals surface area contributed by atoms with E-state index in [0.29, 0.717) is 46.3 Å². The maximum atomic E-state index is 12.8. The first kappa shape index (κ1) is 20.0. The number of nitrogens with one attached hydrogen (secondary N) is 2. The third-order valence-corrected chi connectivity index (χ3v) is 6.34. The Bertz CT molecular complexity index is 1740. The van der Waals surface area contributed by atoms with Crippen molar-refractivity contribution in [2.45, 2.75) is 13.0 Å². The smallest absolute Gasteiger partial charge is 0.353 e. The minimum Gasteiger partial charge on any atom is -0.492 e. The van der Waals surface area contributed by atoms with Gasteiger partial charge in [-0.25, -0.2) is 4.79 Å². The van der Waals surface area contributed by atoms with Crippen molar-refractivity contribution in [3.05, 3.63) is 98.3 Å². The average molecular weight is 453 g/mol. The highest BCUT2D eigenvalue weighted by atomic mass is 16.5. The number of rotatable bonds is 4. The summed E-state index contributed by atoms with van der Waals surface area (Å²) in [5.41, 5.74) is 2.82. The Kier molecular flexibility index (Phi) is 4.41. The fourth-order valence-corrected chi connectivity index (χ4v) is 4.93. The standard InChI is InChI=1S/C26H19N3O5/c30-20-12-15(16-4-1-2-6-18(16)28-20)13-29-19-8-7-14-9-11-34-24(14)22(19)21(23(29)26(32)33)17-5-3-10-27-25(17)31/h1-8,10,12H,9,11,13H2,(H,27,31)(H,28,30)(H,32,33). The number of fused-ring (bicyclic) bond motifs is 4. The lowest BCUT2D eigenvalue weighted by Gasteiger charge is -2.12. The summed E-state index contributed by atoms with van der Waals surface area (Å²) in [6.07, 6.45) is 2.22. The first-order valence-corrected chi connectivity index (χ1v) is 10.9. The lowest BCUT2D eigenvalue weighted by Crippen LogP contribution is -2.15. The van der Waals surface area contributed by atoms with Crippen LogP contribution in [0.1, 0.15) is 21.6 Å². The molecular formula is C26H19N3O5. The average Bonchev–Trinajstić information content (AvgIpc) is 3.42.